The second-order valence-corrected chi connectivity index (χ2v) is 8.55. The minimum Gasteiger partial charge on any atom is -0.390 e. The van der Waals surface area contributed by atoms with E-state index in [-0.39, 0.29) is 5.41 Å². The molecule has 2 saturated carbocycles. The Morgan fingerprint density at radius 2 is 2.05 bits per heavy atom. The van der Waals surface area contributed by atoms with E-state index in [4.69, 9.17) is 4.74 Å². The van der Waals surface area contributed by atoms with Crippen LogP contribution in [0, 0.1) is 23.2 Å². The van der Waals surface area contributed by atoms with Crippen molar-refractivity contribution in [2.24, 2.45) is 23.2 Å². The molecule has 0 aromatic rings. The number of rotatable bonds is 2. The molecule has 120 valence electrons. The first-order chi connectivity index (χ1) is 9.84. The van der Waals surface area contributed by atoms with Gasteiger partial charge in [-0.25, -0.2) is 0 Å². The molecule has 21 heavy (non-hydrogen) atoms. The topological polar surface area (TPSA) is 29.5 Å². The fourth-order valence-electron chi connectivity index (χ4n) is 5.13. The maximum Gasteiger partial charge on any atom is 0.0648 e. The molecule has 5 unspecified atom stereocenters. The van der Waals surface area contributed by atoms with Crippen LogP contribution in [0.15, 0.2) is 11.6 Å². The second-order valence-electron chi connectivity index (χ2n) is 8.55. The fourth-order valence-corrected chi connectivity index (χ4v) is 5.13. The summed E-state index contributed by atoms with van der Waals surface area (Å²) in [6.07, 6.45) is 11.6. The Labute approximate surface area is 130 Å². The average molecular weight is 292 g/mol. The van der Waals surface area contributed by atoms with Crippen molar-refractivity contribution in [3.63, 3.8) is 0 Å². The third-order valence-corrected chi connectivity index (χ3v) is 7.08. The van der Waals surface area contributed by atoms with Crippen molar-refractivity contribution in [1.29, 1.82) is 0 Å². The van der Waals surface area contributed by atoms with Gasteiger partial charge in [0.1, 0.15) is 0 Å². The van der Waals surface area contributed by atoms with Crippen molar-refractivity contribution in [3.05, 3.63) is 11.6 Å². The number of ether oxygens (including phenoxy) is 1. The van der Waals surface area contributed by atoms with Crippen LogP contribution < -0.4 is 0 Å². The minimum absolute atomic E-state index is 0.0475. The molecule has 0 spiro atoms. The van der Waals surface area contributed by atoms with Gasteiger partial charge in [0, 0.05) is 7.11 Å². The molecule has 0 aromatic heterocycles. The second kappa shape index (κ2) is 5.38. The summed E-state index contributed by atoms with van der Waals surface area (Å²) in [6.45, 7) is 6.25. The zero-order valence-corrected chi connectivity index (χ0v) is 14.2. The van der Waals surface area contributed by atoms with Crippen LogP contribution in [0.1, 0.15) is 65.7 Å². The molecule has 5 atom stereocenters. The summed E-state index contributed by atoms with van der Waals surface area (Å²) < 4.78 is 5.60. The summed E-state index contributed by atoms with van der Waals surface area (Å²) >= 11 is 0. The van der Waals surface area contributed by atoms with Crippen molar-refractivity contribution >= 4 is 0 Å². The van der Waals surface area contributed by atoms with E-state index in [2.05, 4.69) is 13.0 Å². The Kier molecular flexibility index (Phi) is 3.99. The van der Waals surface area contributed by atoms with Crippen molar-refractivity contribution in [2.45, 2.75) is 77.4 Å². The lowest BCUT2D eigenvalue weighted by Gasteiger charge is -2.52. The lowest BCUT2D eigenvalue weighted by Crippen LogP contribution is -2.47. The highest BCUT2D eigenvalue weighted by molar-refractivity contribution is 5.20. The van der Waals surface area contributed by atoms with Crippen molar-refractivity contribution in [1.82, 2.24) is 0 Å². The number of hydrogen-bond donors (Lipinski definition) is 1. The van der Waals surface area contributed by atoms with Crippen LogP contribution in [-0.2, 0) is 4.74 Å². The van der Waals surface area contributed by atoms with Crippen LogP contribution in [0.5, 0.6) is 0 Å². The van der Waals surface area contributed by atoms with Gasteiger partial charge < -0.3 is 9.84 Å². The minimum atomic E-state index is -0.580. The average Bonchev–Trinajstić information content (AvgIpc) is 2.45. The van der Waals surface area contributed by atoms with Gasteiger partial charge in [0.05, 0.1) is 11.7 Å². The Morgan fingerprint density at radius 3 is 2.71 bits per heavy atom. The van der Waals surface area contributed by atoms with E-state index >= 15 is 0 Å². The van der Waals surface area contributed by atoms with Crippen molar-refractivity contribution < 1.29 is 9.84 Å². The van der Waals surface area contributed by atoms with Gasteiger partial charge in [-0.1, -0.05) is 18.6 Å². The van der Waals surface area contributed by atoms with Gasteiger partial charge in [0.25, 0.3) is 0 Å². The summed E-state index contributed by atoms with van der Waals surface area (Å²) in [6, 6.07) is 0. The van der Waals surface area contributed by atoms with E-state index in [1.165, 1.54) is 32.1 Å². The van der Waals surface area contributed by atoms with Crippen LogP contribution in [-0.4, -0.2) is 23.9 Å². The first-order valence-corrected chi connectivity index (χ1v) is 8.78. The normalized spacial score (nSPS) is 43.8. The summed E-state index contributed by atoms with van der Waals surface area (Å²) in [5, 5.41) is 10.5. The SMILES string of the molecule is COC1CCC2C(CC=C3CC(C)(C(C)(C)O)CCC32)C1. The van der Waals surface area contributed by atoms with Gasteiger partial charge in [0.2, 0.25) is 0 Å². The van der Waals surface area contributed by atoms with Gasteiger partial charge in [-0.3, -0.25) is 0 Å². The van der Waals surface area contributed by atoms with E-state index < -0.39 is 5.60 Å². The number of fused-ring (bicyclic) bond motifs is 3. The number of allylic oxidation sites excluding steroid dienone is 2. The molecule has 1 N–H and O–H groups in total. The third kappa shape index (κ3) is 2.70. The molecule has 0 radical (unpaired) electrons. The van der Waals surface area contributed by atoms with Crippen LogP contribution >= 0.6 is 0 Å². The third-order valence-electron chi connectivity index (χ3n) is 7.08. The van der Waals surface area contributed by atoms with Crippen LogP contribution in [0.25, 0.3) is 0 Å². The first-order valence-electron chi connectivity index (χ1n) is 8.78. The van der Waals surface area contributed by atoms with Gasteiger partial charge >= 0.3 is 0 Å². The predicted molar refractivity (Wildman–Crippen MR) is 86.1 cm³/mol. The fraction of sp³-hybridized carbons (Fsp3) is 0.895. The summed E-state index contributed by atoms with van der Waals surface area (Å²) in [7, 11) is 1.87. The van der Waals surface area contributed by atoms with Gasteiger partial charge in [-0.15, -0.1) is 0 Å². The van der Waals surface area contributed by atoms with Crippen molar-refractivity contribution in [3.8, 4) is 0 Å². The van der Waals surface area contributed by atoms with Gasteiger partial charge in [0.15, 0.2) is 0 Å². The van der Waals surface area contributed by atoms with Gasteiger partial charge in [-0.2, -0.15) is 0 Å². The summed E-state index contributed by atoms with van der Waals surface area (Å²) in [5.74, 6) is 2.50. The van der Waals surface area contributed by atoms with Crippen LogP contribution in [0.2, 0.25) is 0 Å². The molecule has 0 aliphatic heterocycles. The monoisotopic (exact) mass is 292 g/mol. The molecular weight excluding hydrogens is 260 g/mol. The summed E-state index contributed by atoms with van der Waals surface area (Å²) in [5.41, 5.74) is 1.12. The molecule has 0 saturated heterocycles. The number of aliphatic hydroxyl groups is 1. The zero-order chi connectivity index (χ0) is 15.3. The molecule has 2 fully saturated rings. The predicted octanol–water partition coefficient (Wildman–Crippen LogP) is 4.33. The molecule has 0 heterocycles. The van der Waals surface area contributed by atoms with Crippen LogP contribution in [0.4, 0.5) is 0 Å². The standard InChI is InChI=1S/C19H32O2/c1-18(2,20)19(3)10-9-17-14(12-19)6-5-13-11-15(21-4)7-8-16(13)17/h6,13,15-17,20H,5,7-12H2,1-4H3. The highest BCUT2D eigenvalue weighted by atomic mass is 16.5. The molecule has 3 aliphatic carbocycles. The highest BCUT2D eigenvalue weighted by Crippen LogP contribution is 2.55. The molecule has 0 aromatic carbocycles. The van der Waals surface area contributed by atoms with E-state index in [0.717, 1.165) is 30.6 Å². The molecule has 3 aliphatic rings. The van der Waals surface area contributed by atoms with E-state index in [1.54, 1.807) is 5.57 Å². The highest BCUT2D eigenvalue weighted by Gasteiger charge is 2.48. The van der Waals surface area contributed by atoms with Crippen LogP contribution in [0.3, 0.4) is 0 Å². The maximum absolute atomic E-state index is 10.5. The lowest BCUT2D eigenvalue weighted by molar-refractivity contribution is -0.0697. The molecule has 0 amide bonds. The Morgan fingerprint density at radius 1 is 1.29 bits per heavy atom. The number of methoxy groups -OCH3 is 1. The first kappa shape index (κ1) is 15.6. The molecule has 0 bridgehead atoms. The molecule has 2 heteroatoms. The van der Waals surface area contributed by atoms with Gasteiger partial charge in [-0.05, 0) is 82.0 Å². The quantitative estimate of drug-likeness (QED) is 0.768. The Hall–Kier alpha value is -0.340. The van der Waals surface area contributed by atoms with E-state index in [1.807, 2.05) is 21.0 Å². The smallest absolute Gasteiger partial charge is 0.0648 e. The lowest BCUT2D eigenvalue weighted by atomic mass is 9.55. The zero-order valence-electron chi connectivity index (χ0n) is 14.2. The van der Waals surface area contributed by atoms with E-state index in [0.29, 0.717) is 6.10 Å². The maximum atomic E-state index is 10.5. The summed E-state index contributed by atoms with van der Waals surface area (Å²) in [4.78, 5) is 0. The molecular formula is C19H32O2. The van der Waals surface area contributed by atoms with Crippen molar-refractivity contribution in [2.75, 3.05) is 7.11 Å². The number of hydrogen-bond acceptors (Lipinski definition) is 2. The van der Waals surface area contributed by atoms with E-state index in [9.17, 15) is 5.11 Å². The largest absolute Gasteiger partial charge is 0.390 e. The molecule has 3 rings (SSSR count). The molecule has 2 nitrogen and oxygen atoms in total. The Bertz CT molecular complexity index is 420. The Balaban J connectivity index is 1.76.